The molecule has 0 bridgehead atoms. The molecular weight excluding hydrogens is 312 g/mol. The minimum Gasteiger partial charge on any atom is -0.0991 e. The molecule has 0 spiro atoms. The summed E-state index contributed by atoms with van der Waals surface area (Å²) in [7, 11) is 0. The first-order valence-electron chi connectivity index (χ1n) is 10.2. The van der Waals surface area contributed by atoms with Gasteiger partial charge in [0, 0.05) is 0 Å². The lowest BCUT2D eigenvalue weighted by Crippen LogP contribution is -2.25. The van der Waals surface area contributed by atoms with Crippen molar-refractivity contribution in [1.29, 1.82) is 0 Å². The van der Waals surface area contributed by atoms with Crippen molar-refractivity contribution in [3.8, 4) is 0 Å². The molecule has 0 saturated carbocycles. The van der Waals surface area contributed by atoms with Crippen molar-refractivity contribution in [3.63, 3.8) is 0 Å². The highest BCUT2D eigenvalue weighted by Gasteiger charge is 2.30. The van der Waals surface area contributed by atoms with Crippen molar-refractivity contribution >= 4 is 5.57 Å². The van der Waals surface area contributed by atoms with Gasteiger partial charge >= 0.3 is 0 Å². The van der Waals surface area contributed by atoms with Gasteiger partial charge in [-0.2, -0.15) is 0 Å². The molecule has 0 N–H and O–H groups in total. The Morgan fingerprint density at radius 3 is 2.38 bits per heavy atom. The van der Waals surface area contributed by atoms with E-state index in [0.29, 0.717) is 11.3 Å². The van der Waals surface area contributed by atoms with Gasteiger partial charge in [0.15, 0.2) is 0 Å². The highest BCUT2D eigenvalue weighted by molar-refractivity contribution is 5.72. The molecule has 0 saturated heterocycles. The molecule has 1 aromatic carbocycles. The molecule has 0 heterocycles. The Bertz CT molecular complexity index is 699. The van der Waals surface area contributed by atoms with Crippen molar-refractivity contribution in [1.82, 2.24) is 0 Å². The molecule has 2 rings (SSSR count). The van der Waals surface area contributed by atoms with Crippen LogP contribution in [0.2, 0.25) is 0 Å². The first kappa shape index (κ1) is 20.7. The van der Waals surface area contributed by atoms with E-state index in [4.69, 9.17) is 0 Å². The van der Waals surface area contributed by atoms with Crippen molar-refractivity contribution in [3.05, 3.63) is 65.3 Å². The highest BCUT2D eigenvalue weighted by atomic mass is 14.3. The summed E-state index contributed by atoms with van der Waals surface area (Å²) in [6.07, 6.45) is 13.4. The van der Waals surface area contributed by atoms with Gasteiger partial charge in [0.25, 0.3) is 0 Å². The second kappa shape index (κ2) is 7.99. The van der Waals surface area contributed by atoms with Gasteiger partial charge in [0.05, 0.1) is 0 Å². The van der Waals surface area contributed by atoms with Crippen LogP contribution in [0.25, 0.3) is 5.57 Å². The summed E-state index contributed by atoms with van der Waals surface area (Å²) in [5.74, 6) is 0.618. The summed E-state index contributed by atoms with van der Waals surface area (Å²) in [5.41, 5.74) is 8.09. The molecule has 1 aromatic rings. The first-order valence-corrected chi connectivity index (χ1v) is 10.2. The summed E-state index contributed by atoms with van der Waals surface area (Å²) in [6.45, 7) is 20.2. The second-order valence-corrected chi connectivity index (χ2v) is 9.99. The van der Waals surface area contributed by atoms with E-state index in [9.17, 15) is 0 Å². The number of hydrogen-bond acceptors (Lipinski definition) is 0. The van der Waals surface area contributed by atoms with Crippen LogP contribution in [0.4, 0.5) is 0 Å². The summed E-state index contributed by atoms with van der Waals surface area (Å²) in [6, 6.07) is 4.90. The van der Waals surface area contributed by atoms with Gasteiger partial charge in [-0.1, -0.05) is 84.6 Å². The summed E-state index contributed by atoms with van der Waals surface area (Å²) in [5, 5.41) is 0. The number of hydrogen-bond donors (Lipinski definition) is 0. The van der Waals surface area contributed by atoms with Crippen LogP contribution >= 0.6 is 0 Å². The lowest BCUT2D eigenvalue weighted by Gasteiger charge is -2.35. The molecule has 0 heteroatoms. The van der Waals surface area contributed by atoms with Gasteiger partial charge in [-0.25, -0.2) is 0 Å². The Morgan fingerprint density at radius 1 is 1.12 bits per heavy atom. The number of allylic oxidation sites excluding steroid dienone is 5. The van der Waals surface area contributed by atoms with E-state index in [-0.39, 0.29) is 5.41 Å². The van der Waals surface area contributed by atoms with Gasteiger partial charge in [0.2, 0.25) is 0 Å². The standard InChI is InChI=1S/C26H38/c1-9-10-11-12-13-14-20-16-22(26(6,7)8)17-23-19(2)15-21(18-24(20)23)25(3,4)5/h9-11,15-16,18,22H,1,12-14,17H2,2-8H3/b11-10-. The van der Waals surface area contributed by atoms with Crippen LogP contribution in [-0.2, 0) is 11.8 Å². The second-order valence-electron chi connectivity index (χ2n) is 9.99. The predicted octanol–water partition coefficient (Wildman–Crippen LogP) is 7.81. The zero-order valence-corrected chi connectivity index (χ0v) is 18.1. The van der Waals surface area contributed by atoms with Crippen LogP contribution < -0.4 is 0 Å². The topological polar surface area (TPSA) is 0 Å². The van der Waals surface area contributed by atoms with E-state index in [0.717, 1.165) is 12.8 Å². The zero-order valence-electron chi connectivity index (χ0n) is 18.1. The molecule has 0 nitrogen and oxygen atoms in total. The predicted molar refractivity (Wildman–Crippen MR) is 118 cm³/mol. The number of fused-ring (bicyclic) bond motifs is 1. The van der Waals surface area contributed by atoms with Gasteiger partial charge < -0.3 is 0 Å². The number of unbranched alkanes of at least 4 members (excludes halogenated alkanes) is 1. The third-order valence-corrected chi connectivity index (χ3v) is 5.71. The maximum atomic E-state index is 3.76. The average molecular weight is 351 g/mol. The lowest BCUT2D eigenvalue weighted by atomic mass is 9.69. The van der Waals surface area contributed by atoms with Gasteiger partial charge in [-0.3, -0.25) is 0 Å². The van der Waals surface area contributed by atoms with Crippen molar-refractivity contribution in [2.24, 2.45) is 11.3 Å². The van der Waals surface area contributed by atoms with Crippen LogP contribution in [0.1, 0.15) is 83.1 Å². The van der Waals surface area contributed by atoms with Gasteiger partial charge in [-0.15, -0.1) is 0 Å². The molecule has 1 atom stereocenters. The van der Waals surface area contributed by atoms with Crippen molar-refractivity contribution in [2.45, 2.75) is 79.6 Å². The van der Waals surface area contributed by atoms with Crippen LogP contribution in [0, 0.1) is 18.3 Å². The SMILES string of the molecule is C=C/C=C\CCCC1=CC(C(C)(C)C)Cc2c(C)cc(C(C)(C)C)cc21. The van der Waals surface area contributed by atoms with E-state index < -0.39 is 0 Å². The molecule has 26 heavy (non-hydrogen) atoms. The lowest BCUT2D eigenvalue weighted by molar-refractivity contribution is 0.289. The number of rotatable bonds is 5. The number of aryl methyl sites for hydroxylation is 1. The van der Waals surface area contributed by atoms with Crippen LogP contribution in [0.3, 0.4) is 0 Å². The van der Waals surface area contributed by atoms with Crippen molar-refractivity contribution in [2.75, 3.05) is 0 Å². The molecule has 1 aliphatic carbocycles. The van der Waals surface area contributed by atoms with E-state index in [1.165, 1.54) is 29.5 Å². The third kappa shape index (κ3) is 5.00. The van der Waals surface area contributed by atoms with E-state index in [1.807, 2.05) is 6.08 Å². The quantitative estimate of drug-likeness (QED) is 0.375. The van der Waals surface area contributed by atoms with Crippen molar-refractivity contribution < 1.29 is 0 Å². The minimum atomic E-state index is 0.193. The van der Waals surface area contributed by atoms with Crippen LogP contribution in [0.15, 0.2) is 43.0 Å². The Morgan fingerprint density at radius 2 is 1.81 bits per heavy atom. The molecule has 0 radical (unpaired) electrons. The zero-order chi connectivity index (χ0) is 19.5. The molecule has 1 aliphatic rings. The molecule has 142 valence electrons. The largest absolute Gasteiger partial charge is 0.0991 e. The summed E-state index contributed by atoms with van der Waals surface area (Å²) >= 11 is 0. The normalized spacial score (nSPS) is 18.0. The smallest absolute Gasteiger partial charge is 0.0132 e. The van der Waals surface area contributed by atoms with Crippen LogP contribution in [0.5, 0.6) is 0 Å². The molecule has 0 aliphatic heterocycles. The maximum absolute atomic E-state index is 3.76. The van der Waals surface area contributed by atoms with Gasteiger partial charge in [-0.05, 0) is 77.2 Å². The van der Waals surface area contributed by atoms with Crippen LogP contribution in [-0.4, -0.2) is 0 Å². The molecule has 1 unspecified atom stereocenters. The number of benzene rings is 1. The fourth-order valence-electron chi connectivity index (χ4n) is 3.80. The molecule has 0 aromatic heterocycles. The molecule has 0 fully saturated rings. The first-order chi connectivity index (χ1) is 12.0. The summed E-state index contributed by atoms with van der Waals surface area (Å²) in [4.78, 5) is 0. The van der Waals surface area contributed by atoms with Gasteiger partial charge in [0.1, 0.15) is 0 Å². The summed E-state index contributed by atoms with van der Waals surface area (Å²) < 4.78 is 0. The maximum Gasteiger partial charge on any atom is -0.0132 e. The third-order valence-electron chi connectivity index (χ3n) is 5.71. The fraction of sp³-hybridized carbons (Fsp3) is 0.538. The molecular formula is C26H38. The fourth-order valence-corrected chi connectivity index (χ4v) is 3.80. The monoisotopic (exact) mass is 350 g/mol. The molecule has 0 amide bonds. The Labute approximate surface area is 162 Å². The van der Waals surface area contributed by atoms with E-state index >= 15 is 0 Å². The Balaban J connectivity index is 2.41. The average Bonchev–Trinajstić information content (AvgIpc) is 2.52. The highest BCUT2D eigenvalue weighted by Crippen LogP contribution is 2.42. The Hall–Kier alpha value is -1.56. The van der Waals surface area contributed by atoms with E-state index in [2.05, 4.69) is 85.4 Å². The Kier molecular flexibility index (Phi) is 6.37. The van der Waals surface area contributed by atoms with E-state index in [1.54, 1.807) is 11.1 Å². The minimum absolute atomic E-state index is 0.193.